The Balaban J connectivity index is 2.43. The number of pyridine rings is 1. The summed E-state index contributed by atoms with van der Waals surface area (Å²) in [6.07, 6.45) is 2.48. The third kappa shape index (κ3) is 1.21. The fraction of sp³-hybridized carbons (Fsp3) is 0.143. The Morgan fingerprint density at radius 3 is 3.42 bits per heavy atom. The summed E-state index contributed by atoms with van der Waals surface area (Å²) in [4.78, 5) is 14.4. The quantitative estimate of drug-likeness (QED) is 0.607. The number of carbonyl (C=O) groups excluding carboxylic acids is 1. The van der Waals surface area contributed by atoms with E-state index in [0.717, 1.165) is 0 Å². The summed E-state index contributed by atoms with van der Waals surface area (Å²) in [6, 6.07) is 1.61. The lowest BCUT2D eigenvalue weighted by Crippen LogP contribution is -2.25. The van der Waals surface area contributed by atoms with Gasteiger partial charge in [-0.05, 0) is 6.07 Å². The summed E-state index contributed by atoms with van der Waals surface area (Å²) >= 11 is 5.61. The Bertz CT molecular complexity index is 340. The van der Waals surface area contributed by atoms with Crippen molar-refractivity contribution in [1.29, 1.82) is 0 Å². The van der Waals surface area contributed by atoms with Gasteiger partial charge in [0.05, 0.1) is 10.7 Å². The van der Waals surface area contributed by atoms with Gasteiger partial charge in [0.25, 0.3) is 0 Å². The molecule has 0 bridgehead atoms. The summed E-state index contributed by atoms with van der Waals surface area (Å²) in [7, 11) is 0. The SMILES string of the molecule is O=C1CNc2cc(Cl)[c]nc2O1. The van der Waals surface area contributed by atoms with Crippen molar-refractivity contribution in [3.63, 3.8) is 0 Å². The topological polar surface area (TPSA) is 51.2 Å². The van der Waals surface area contributed by atoms with Gasteiger partial charge < -0.3 is 10.1 Å². The molecule has 1 N–H and O–H groups in total. The Kier molecular flexibility index (Phi) is 1.62. The summed E-state index contributed by atoms with van der Waals surface area (Å²) < 4.78 is 4.78. The molecule has 1 aromatic rings. The number of hydrogen-bond acceptors (Lipinski definition) is 4. The van der Waals surface area contributed by atoms with Crippen LogP contribution >= 0.6 is 11.6 Å². The molecule has 1 aromatic heterocycles. The van der Waals surface area contributed by atoms with Gasteiger partial charge in [0.1, 0.15) is 12.7 Å². The largest absolute Gasteiger partial charge is 0.404 e. The van der Waals surface area contributed by atoms with E-state index in [1.54, 1.807) is 6.07 Å². The van der Waals surface area contributed by atoms with Crippen molar-refractivity contribution < 1.29 is 9.53 Å². The number of fused-ring (bicyclic) bond motifs is 1. The van der Waals surface area contributed by atoms with E-state index in [0.29, 0.717) is 10.7 Å². The molecule has 0 aromatic carbocycles. The minimum absolute atomic E-state index is 0.148. The maximum Gasteiger partial charge on any atom is 0.332 e. The minimum atomic E-state index is -0.356. The van der Waals surface area contributed by atoms with Crippen molar-refractivity contribution in [2.24, 2.45) is 0 Å². The maximum atomic E-state index is 10.7. The van der Waals surface area contributed by atoms with Crippen LogP contribution in [-0.4, -0.2) is 17.5 Å². The first-order chi connectivity index (χ1) is 5.75. The number of anilines is 1. The van der Waals surface area contributed by atoms with Crippen LogP contribution in [0.3, 0.4) is 0 Å². The van der Waals surface area contributed by atoms with Crippen molar-refractivity contribution in [2.75, 3.05) is 11.9 Å². The monoisotopic (exact) mass is 183 g/mol. The second-order valence-corrected chi connectivity index (χ2v) is 2.67. The van der Waals surface area contributed by atoms with E-state index in [2.05, 4.69) is 16.5 Å². The zero-order chi connectivity index (χ0) is 8.55. The van der Waals surface area contributed by atoms with Gasteiger partial charge in [0.15, 0.2) is 0 Å². The molecule has 2 rings (SSSR count). The zero-order valence-corrected chi connectivity index (χ0v) is 6.68. The van der Waals surface area contributed by atoms with E-state index in [-0.39, 0.29) is 18.4 Å². The molecule has 0 amide bonds. The zero-order valence-electron chi connectivity index (χ0n) is 5.93. The number of hydrogen-bond donors (Lipinski definition) is 1. The van der Waals surface area contributed by atoms with Gasteiger partial charge in [0, 0.05) is 0 Å². The molecule has 0 saturated carbocycles. The Labute approximate surface area is 73.5 Å². The first-order valence-corrected chi connectivity index (χ1v) is 3.66. The van der Waals surface area contributed by atoms with Gasteiger partial charge in [-0.25, -0.2) is 9.78 Å². The van der Waals surface area contributed by atoms with Crippen LogP contribution in [0.15, 0.2) is 6.07 Å². The number of nitrogens with zero attached hydrogens (tertiary/aromatic N) is 1. The van der Waals surface area contributed by atoms with Crippen LogP contribution in [0.1, 0.15) is 0 Å². The average Bonchev–Trinajstić information content (AvgIpc) is 2.05. The molecule has 1 radical (unpaired) electrons. The van der Waals surface area contributed by atoms with Crippen molar-refractivity contribution in [2.45, 2.75) is 0 Å². The number of rotatable bonds is 0. The molecule has 0 aliphatic carbocycles. The highest BCUT2D eigenvalue weighted by molar-refractivity contribution is 6.30. The molecular weight excluding hydrogens is 180 g/mol. The smallest absolute Gasteiger partial charge is 0.332 e. The van der Waals surface area contributed by atoms with Gasteiger partial charge in [-0.15, -0.1) is 0 Å². The Morgan fingerprint density at radius 2 is 2.58 bits per heavy atom. The van der Waals surface area contributed by atoms with E-state index in [4.69, 9.17) is 16.3 Å². The van der Waals surface area contributed by atoms with E-state index >= 15 is 0 Å². The van der Waals surface area contributed by atoms with Gasteiger partial charge in [0.2, 0.25) is 5.88 Å². The Morgan fingerprint density at radius 1 is 1.75 bits per heavy atom. The highest BCUT2D eigenvalue weighted by atomic mass is 35.5. The molecule has 2 heterocycles. The van der Waals surface area contributed by atoms with E-state index in [1.807, 2.05) is 0 Å². The summed E-state index contributed by atoms with van der Waals surface area (Å²) in [5.74, 6) is -0.124. The molecule has 5 heteroatoms. The van der Waals surface area contributed by atoms with Gasteiger partial charge in [-0.1, -0.05) is 11.6 Å². The second-order valence-electron chi connectivity index (χ2n) is 2.26. The number of carbonyl (C=O) groups is 1. The average molecular weight is 184 g/mol. The number of ether oxygens (including phenoxy) is 1. The molecule has 61 valence electrons. The molecule has 4 nitrogen and oxygen atoms in total. The highest BCUT2D eigenvalue weighted by Gasteiger charge is 2.17. The third-order valence-electron chi connectivity index (χ3n) is 1.40. The summed E-state index contributed by atoms with van der Waals surface area (Å²) in [5, 5.41) is 3.20. The third-order valence-corrected chi connectivity index (χ3v) is 1.59. The molecular formula is C7H4ClN2O2. The molecule has 1 aliphatic rings. The van der Waals surface area contributed by atoms with Crippen LogP contribution in [0.4, 0.5) is 5.69 Å². The van der Waals surface area contributed by atoms with Crippen LogP contribution in [0.25, 0.3) is 0 Å². The number of nitrogens with one attached hydrogen (secondary N) is 1. The molecule has 0 atom stereocenters. The van der Waals surface area contributed by atoms with Crippen molar-refractivity contribution in [3.8, 4) is 5.88 Å². The van der Waals surface area contributed by atoms with Gasteiger partial charge in [-0.3, -0.25) is 0 Å². The minimum Gasteiger partial charge on any atom is -0.404 e. The van der Waals surface area contributed by atoms with Crippen molar-refractivity contribution in [3.05, 3.63) is 17.3 Å². The fourth-order valence-corrected chi connectivity index (χ4v) is 1.05. The molecule has 0 fully saturated rings. The summed E-state index contributed by atoms with van der Waals surface area (Å²) in [6.45, 7) is 0.148. The number of esters is 1. The van der Waals surface area contributed by atoms with Crippen LogP contribution in [0, 0.1) is 6.20 Å². The van der Waals surface area contributed by atoms with Gasteiger partial charge >= 0.3 is 5.97 Å². The molecule has 0 unspecified atom stereocenters. The maximum absolute atomic E-state index is 10.7. The molecule has 12 heavy (non-hydrogen) atoms. The Hall–Kier alpha value is -1.29. The predicted octanol–water partition coefficient (Wildman–Crippen LogP) is 0.866. The van der Waals surface area contributed by atoms with Crippen LogP contribution in [0.5, 0.6) is 5.88 Å². The standard InChI is InChI=1S/C7H4ClN2O2/c8-4-1-5-7(10-2-4)12-6(11)3-9-5/h1,9H,3H2. The highest BCUT2D eigenvalue weighted by Crippen LogP contribution is 2.26. The first kappa shape index (κ1) is 7.36. The lowest BCUT2D eigenvalue weighted by Gasteiger charge is -2.15. The normalized spacial score (nSPS) is 14.6. The van der Waals surface area contributed by atoms with Gasteiger partial charge in [-0.2, -0.15) is 0 Å². The molecule has 0 spiro atoms. The van der Waals surface area contributed by atoms with Crippen molar-refractivity contribution in [1.82, 2.24) is 4.98 Å². The fourth-order valence-electron chi connectivity index (χ4n) is 0.901. The van der Waals surface area contributed by atoms with E-state index in [9.17, 15) is 4.79 Å². The van der Waals surface area contributed by atoms with Crippen molar-refractivity contribution >= 4 is 23.3 Å². The predicted molar refractivity (Wildman–Crippen MR) is 42.2 cm³/mol. The number of halogens is 1. The first-order valence-electron chi connectivity index (χ1n) is 3.28. The van der Waals surface area contributed by atoms with E-state index in [1.165, 1.54) is 0 Å². The lowest BCUT2D eigenvalue weighted by atomic mass is 10.3. The summed E-state index contributed by atoms with van der Waals surface area (Å²) in [5.41, 5.74) is 0.623. The second kappa shape index (κ2) is 2.64. The number of aromatic nitrogens is 1. The lowest BCUT2D eigenvalue weighted by molar-refractivity contribution is -0.133. The van der Waals surface area contributed by atoms with E-state index < -0.39 is 0 Å². The van der Waals surface area contributed by atoms with Crippen LogP contribution < -0.4 is 10.1 Å². The molecule has 0 saturated heterocycles. The van der Waals surface area contributed by atoms with Crippen LogP contribution in [0.2, 0.25) is 5.02 Å². The molecule has 1 aliphatic heterocycles. The van der Waals surface area contributed by atoms with Crippen LogP contribution in [-0.2, 0) is 4.79 Å².